The smallest absolute Gasteiger partial charge is 0.409 e. The van der Waals surface area contributed by atoms with Crippen LogP contribution in [0.2, 0.25) is 0 Å². The SMILES string of the molecule is CCOC(=O)N1CCC2(CC1)CC(NC(=O)c1cccc3cn(COP(O)O)nc13)c1nc(OC)ccc1O2. The van der Waals surface area contributed by atoms with Crippen LogP contribution < -0.4 is 14.8 Å². The molecule has 14 heteroatoms. The molecule has 208 valence electrons. The van der Waals surface area contributed by atoms with Crippen molar-refractivity contribution in [1.29, 1.82) is 0 Å². The molecule has 2 aromatic heterocycles. The number of hydrogen-bond acceptors (Lipinski definition) is 10. The van der Waals surface area contributed by atoms with E-state index in [1.165, 1.54) is 11.8 Å². The summed E-state index contributed by atoms with van der Waals surface area (Å²) in [6.07, 6.45) is 2.92. The Morgan fingerprint density at radius 3 is 2.74 bits per heavy atom. The van der Waals surface area contributed by atoms with Crippen LogP contribution in [0, 0.1) is 0 Å². The van der Waals surface area contributed by atoms with E-state index in [1.807, 2.05) is 0 Å². The Bertz CT molecular complexity index is 1360. The Kier molecular flexibility index (Phi) is 7.85. The van der Waals surface area contributed by atoms with E-state index in [1.54, 1.807) is 48.4 Å². The fraction of sp³-hybridized carbons (Fsp3) is 0.440. The van der Waals surface area contributed by atoms with E-state index in [-0.39, 0.29) is 18.7 Å². The Morgan fingerprint density at radius 1 is 1.23 bits per heavy atom. The van der Waals surface area contributed by atoms with E-state index in [4.69, 9.17) is 28.5 Å². The van der Waals surface area contributed by atoms with Crippen molar-refractivity contribution in [3.63, 3.8) is 0 Å². The molecule has 3 aromatic rings. The molecule has 1 aromatic carbocycles. The summed E-state index contributed by atoms with van der Waals surface area (Å²) in [5.74, 6) is 0.610. The highest BCUT2D eigenvalue weighted by Gasteiger charge is 2.45. The number of carbonyl (C=O) groups is 2. The molecule has 2 aliphatic heterocycles. The number of nitrogens with zero attached hydrogens (tertiary/aromatic N) is 4. The molecule has 1 saturated heterocycles. The molecule has 39 heavy (non-hydrogen) atoms. The number of pyridine rings is 1. The third-order valence-corrected chi connectivity index (χ3v) is 7.29. The van der Waals surface area contributed by atoms with Gasteiger partial charge in [-0.2, -0.15) is 5.10 Å². The van der Waals surface area contributed by atoms with Crippen LogP contribution in [-0.4, -0.2) is 73.9 Å². The van der Waals surface area contributed by atoms with Gasteiger partial charge in [0.1, 0.15) is 29.3 Å². The van der Waals surface area contributed by atoms with Crippen LogP contribution in [0.1, 0.15) is 48.3 Å². The van der Waals surface area contributed by atoms with Gasteiger partial charge in [0.05, 0.1) is 25.3 Å². The summed E-state index contributed by atoms with van der Waals surface area (Å²) in [6.45, 7) is 2.87. The molecule has 0 saturated carbocycles. The summed E-state index contributed by atoms with van der Waals surface area (Å²) in [5, 5.41) is 8.22. The summed E-state index contributed by atoms with van der Waals surface area (Å²) < 4.78 is 23.2. The van der Waals surface area contributed by atoms with Crippen molar-refractivity contribution < 1.29 is 38.1 Å². The van der Waals surface area contributed by atoms with E-state index >= 15 is 0 Å². The Labute approximate surface area is 225 Å². The zero-order valence-electron chi connectivity index (χ0n) is 21.6. The number of amides is 2. The second-order valence-electron chi connectivity index (χ2n) is 9.36. The summed E-state index contributed by atoms with van der Waals surface area (Å²) in [6, 6.07) is 8.25. The van der Waals surface area contributed by atoms with E-state index < -0.39 is 20.2 Å². The van der Waals surface area contributed by atoms with E-state index in [9.17, 15) is 9.59 Å². The molecule has 3 N–H and O–H groups in total. The Hall–Kier alpha value is -3.51. The third-order valence-electron chi connectivity index (χ3n) is 6.94. The highest BCUT2D eigenvalue weighted by atomic mass is 31.2. The number of likely N-dealkylation sites (tertiary alicyclic amines) is 1. The molecular formula is C25H30N5O8P. The second kappa shape index (κ2) is 11.3. The fourth-order valence-electron chi connectivity index (χ4n) is 5.06. The van der Waals surface area contributed by atoms with Crippen LogP contribution in [0.25, 0.3) is 10.9 Å². The van der Waals surface area contributed by atoms with Gasteiger partial charge in [0, 0.05) is 50.0 Å². The van der Waals surface area contributed by atoms with Crippen LogP contribution in [0.15, 0.2) is 36.5 Å². The van der Waals surface area contributed by atoms with Crippen molar-refractivity contribution >= 4 is 31.5 Å². The van der Waals surface area contributed by atoms with Gasteiger partial charge in [-0.25, -0.2) is 14.5 Å². The predicted molar refractivity (Wildman–Crippen MR) is 139 cm³/mol. The molecule has 0 aliphatic carbocycles. The largest absolute Gasteiger partial charge is 0.485 e. The van der Waals surface area contributed by atoms with Gasteiger partial charge in [0.15, 0.2) is 0 Å². The lowest BCUT2D eigenvalue weighted by Crippen LogP contribution is -2.53. The van der Waals surface area contributed by atoms with Crippen LogP contribution in [0.4, 0.5) is 4.79 Å². The maximum Gasteiger partial charge on any atom is 0.409 e. The first kappa shape index (κ1) is 27.1. The van der Waals surface area contributed by atoms with Gasteiger partial charge < -0.3 is 34.2 Å². The number of hydrogen-bond donors (Lipinski definition) is 3. The molecule has 2 aliphatic rings. The molecule has 1 unspecified atom stereocenters. The zero-order chi connectivity index (χ0) is 27.6. The highest BCUT2D eigenvalue weighted by Crippen LogP contribution is 2.44. The van der Waals surface area contributed by atoms with Gasteiger partial charge >= 0.3 is 14.7 Å². The number of aromatic nitrogens is 3. The lowest BCUT2D eigenvalue weighted by atomic mass is 9.81. The molecule has 0 bridgehead atoms. The van der Waals surface area contributed by atoms with Crippen molar-refractivity contribution in [1.82, 2.24) is 25.0 Å². The van der Waals surface area contributed by atoms with Crippen LogP contribution in [0.5, 0.6) is 11.6 Å². The summed E-state index contributed by atoms with van der Waals surface area (Å²) in [5.41, 5.74) is 0.763. The molecular weight excluding hydrogens is 529 g/mol. The number of fused-ring (bicyclic) bond motifs is 2. The van der Waals surface area contributed by atoms with Crippen molar-refractivity contribution in [2.75, 3.05) is 26.8 Å². The monoisotopic (exact) mass is 559 g/mol. The standard InChI is InChI=1S/C25H30N5O8P/c1-3-36-24(32)29-11-9-25(10-12-29)13-18(22-19(38-25)7-8-20(27-22)35-2)26-23(31)17-6-4-5-16-14-30(28-21(16)17)15-37-39(33)34/h4-8,14,18,33-34H,3,9-13,15H2,1-2H3,(H,26,31). The predicted octanol–water partition coefficient (Wildman–Crippen LogP) is 2.87. The van der Waals surface area contributed by atoms with Crippen molar-refractivity contribution in [3.8, 4) is 11.6 Å². The Balaban J connectivity index is 1.40. The first-order valence-electron chi connectivity index (χ1n) is 12.5. The van der Waals surface area contributed by atoms with E-state index in [0.717, 1.165) is 0 Å². The number of carbonyl (C=O) groups excluding carboxylic acids is 2. The second-order valence-corrected chi connectivity index (χ2v) is 10.1. The van der Waals surface area contributed by atoms with Crippen LogP contribution in [0.3, 0.4) is 0 Å². The first-order chi connectivity index (χ1) is 18.8. The molecule has 1 spiro atoms. The Morgan fingerprint density at radius 2 is 2.03 bits per heavy atom. The number of nitrogens with one attached hydrogen (secondary N) is 1. The van der Waals surface area contributed by atoms with Gasteiger partial charge in [0.2, 0.25) is 5.88 Å². The van der Waals surface area contributed by atoms with Crippen molar-refractivity contribution in [3.05, 3.63) is 47.8 Å². The average Bonchev–Trinajstić information content (AvgIpc) is 3.35. The van der Waals surface area contributed by atoms with Gasteiger partial charge in [-0.3, -0.25) is 9.32 Å². The zero-order valence-corrected chi connectivity index (χ0v) is 22.5. The van der Waals surface area contributed by atoms with Gasteiger partial charge in [-0.05, 0) is 19.1 Å². The summed E-state index contributed by atoms with van der Waals surface area (Å²) in [7, 11) is -1.01. The molecule has 1 atom stereocenters. The number of benzene rings is 1. The molecule has 5 rings (SSSR count). The minimum Gasteiger partial charge on any atom is -0.485 e. The normalized spacial score (nSPS) is 18.1. The van der Waals surface area contributed by atoms with Crippen LogP contribution >= 0.6 is 8.60 Å². The highest BCUT2D eigenvalue weighted by molar-refractivity contribution is 7.39. The molecule has 0 radical (unpaired) electrons. The van der Waals surface area contributed by atoms with Crippen molar-refractivity contribution in [2.45, 2.75) is 44.6 Å². The summed E-state index contributed by atoms with van der Waals surface area (Å²) in [4.78, 5) is 50.2. The maximum atomic E-state index is 13.6. The van der Waals surface area contributed by atoms with Crippen LogP contribution in [-0.2, 0) is 16.0 Å². The van der Waals surface area contributed by atoms with Crippen molar-refractivity contribution in [2.24, 2.45) is 0 Å². The summed E-state index contributed by atoms with van der Waals surface area (Å²) >= 11 is 0. The average molecular weight is 560 g/mol. The first-order valence-corrected chi connectivity index (χ1v) is 13.7. The maximum absolute atomic E-state index is 13.6. The van der Waals surface area contributed by atoms with Gasteiger partial charge in [0.25, 0.3) is 5.91 Å². The number of piperidine rings is 1. The topological polar surface area (TPSA) is 158 Å². The minimum absolute atomic E-state index is 0.170. The van der Waals surface area contributed by atoms with E-state index in [2.05, 4.69) is 15.4 Å². The molecule has 13 nitrogen and oxygen atoms in total. The quantitative estimate of drug-likeness (QED) is 0.368. The minimum atomic E-state index is -2.53. The lowest BCUT2D eigenvalue weighted by Gasteiger charge is -2.46. The van der Waals surface area contributed by atoms with E-state index in [0.29, 0.717) is 72.7 Å². The molecule has 4 heterocycles. The lowest BCUT2D eigenvalue weighted by molar-refractivity contribution is -0.0246. The fourth-order valence-corrected chi connectivity index (χ4v) is 5.29. The third kappa shape index (κ3) is 5.76. The van der Waals surface area contributed by atoms with Gasteiger partial charge in [-0.15, -0.1) is 0 Å². The number of rotatable bonds is 7. The number of ether oxygens (including phenoxy) is 3. The molecule has 1 fully saturated rings. The number of methoxy groups -OCH3 is 1. The van der Waals surface area contributed by atoms with Gasteiger partial charge in [-0.1, -0.05) is 12.1 Å². The molecule has 2 amide bonds.